The average molecular weight is 442 g/mol. The second-order valence-corrected chi connectivity index (χ2v) is 9.21. The lowest BCUT2D eigenvalue weighted by molar-refractivity contribution is -0.153. The van der Waals surface area contributed by atoms with E-state index < -0.39 is 35.7 Å². The van der Waals surface area contributed by atoms with Gasteiger partial charge in [-0.05, 0) is 45.7 Å². The Morgan fingerprint density at radius 3 is 2.77 bits per heavy atom. The van der Waals surface area contributed by atoms with Crippen molar-refractivity contribution in [3.05, 3.63) is 41.3 Å². The van der Waals surface area contributed by atoms with E-state index in [-0.39, 0.29) is 5.70 Å². The van der Waals surface area contributed by atoms with Gasteiger partial charge in [-0.1, -0.05) is 0 Å². The Morgan fingerprint density at radius 2 is 2.13 bits per heavy atom. The lowest BCUT2D eigenvalue weighted by atomic mass is 9.83. The van der Waals surface area contributed by atoms with E-state index in [0.717, 1.165) is 10.6 Å². The van der Waals surface area contributed by atoms with Crippen LogP contribution in [-0.2, 0) is 14.3 Å². The van der Waals surface area contributed by atoms with Crippen LogP contribution in [0, 0.1) is 0 Å². The van der Waals surface area contributed by atoms with Crippen LogP contribution >= 0.6 is 11.3 Å². The summed E-state index contributed by atoms with van der Waals surface area (Å²) >= 11 is 1.39. The summed E-state index contributed by atoms with van der Waals surface area (Å²) < 4.78 is 5.22. The molecule has 0 unspecified atom stereocenters. The van der Waals surface area contributed by atoms with Crippen molar-refractivity contribution in [1.29, 1.82) is 0 Å². The fourth-order valence-electron chi connectivity index (χ4n) is 3.78. The number of thiazole rings is 1. The second kappa shape index (κ2) is 7.77. The van der Waals surface area contributed by atoms with Crippen molar-refractivity contribution in [2.45, 2.75) is 51.3 Å². The maximum atomic E-state index is 12.7. The third kappa shape index (κ3) is 4.02. The molecule has 1 fully saturated rings. The zero-order chi connectivity index (χ0) is 22.3. The lowest BCUT2D eigenvalue weighted by Gasteiger charge is -2.50. The van der Waals surface area contributed by atoms with Gasteiger partial charge in [-0.25, -0.2) is 14.6 Å². The Bertz CT molecular complexity index is 1070. The highest BCUT2D eigenvalue weighted by Crippen LogP contribution is 2.41. The van der Waals surface area contributed by atoms with Crippen molar-refractivity contribution in [3.8, 4) is 10.6 Å². The van der Waals surface area contributed by atoms with E-state index in [9.17, 15) is 19.5 Å². The van der Waals surface area contributed by atoms with Crippen LogP contribution in [0.4, 0.5) is 4.79 Å². The third-order valence-electron chi connectivity index (χ3n) is 5.03. The largest absolute Gasteiger partial charge is 0.477 e. The molecule has 2 aromatic heterocycles. The molecule has 2 atom stereocenters. The van der Waals surface area contributed by atoms with E-state index in [1.165, 1.54) is 16.2 Å². The summed E-state index contributed by atoms with van der Waals surface area (Å²) in [4.78, 5) is 46.8. The zero-order valence-electron chi connectivity index (χ0n) is 17.3. The first-order valence-corrected chi connectivity index (χ1v) is 10.7. The molecule has 1 saturated heterocycles. The monoisotopic (exact) mass is 442 g/mol. The van der Waals surface area contributed by atoms with E-state index in [1.807, 2.05) is 6.07 Å². The molecule has 2 amide bonds. The molecule has 4 heterocycles. The van der Waals surface area contributed by atoms with Gasteiger partial charge in [0.1, 0.15) is 22.3 Å². The number of aliphatic carboxylic acids is 1. The molecule has 0 saturated carbocycles. The van der Waals surface area contributed by atoms with Gasteiger partial charge in [0, 0.05) is 28.9 Å². The molecule has 9 nitrogen and oxygen atoms in total. The lowest BCUT2D eigenvalue weighted by Crippen LogP contribution is -2.71. The number of ether oxygens (including phenoxy) is 1. The summed E-state index contributed by atoms with van der Waals surface area (Å²) in [6.07, 6.45) is 3.61. The number of nitrogens with one attached hydrogen (secondary N) is 1. The van der Waals surface area contributed by atoms with Crippen LogP contribution in [0.25, 0.3) is 16.1 Å². The molecular weight excluding hydrogens is 420 g/mol. The van der Waals surface area contributed by atoms with Crippen LogP contribution in [-0.4, -0.2) is 55.6 Å². The van der Waals surface area contributed by atoms with Gasteiger partial charge in [-0.3, -0.25) is 14.7 Å². The number of pyridine rings is 1. The molecule has 31 heavy (non-hydrogen) atoms. The molecule has 10 heteroatoms. The number of allylic oxidation sites excluding steroid dienone is 1. The molecule has 4 rings (SSSR count). The minimum absolute atomic E-state index is 0.0773. The zero-order valence-corrected chi connectivity index (χ0v) is 18.1. The molecule has 2 aromatic rings. The Morgan fingerprint density at radius 1 is 1.35 bits per heavy atom. The number of aromatic nitrogens is 2. The molecule has 0 aliphatic carbocycles. The number of rotatable bonds is 4. The molecule has 162 valence electrons. The minimum atomic E-state index is -1.19. The van der Waals surface area contributed by atoms with Crippen LogP contribution in [0.2, 0.25) is 0 Å². The van der Waals surface area contributed by atoms with Gasteiger partial charge in [0.15, 0.2) is 0 Å². The molecule has 0 bridgehead atoms. The topological polar surface area (TPSA) is 122 Å². The van der Waals surface area contributed by atoms with Crippen molar-refractivity contribution < 1.29 is 24.2 Å². The summed E-state index contributed by atoms with van der Waals surface area (Å²) in [5.41, 5.74) is 1.12. The predicted molar refractivity (Wildman–Crippen MR) is 113 cm³/mol. The number of carboxylic acids is 1. The predicted octanol–water partition coefficient (Wildman–Crippen LogP) is 2.90. The molecule has 0 aromatic carbocycles. The first kappa shape index (κ1) is 21.0. The number of carbonyl (C=O) groups is 3. The van der Waals surface area contributed by atoms with Gasteiger partial charge in [0.2, 0.25) is 0 Å². The number of nitrogens with zero attached hydrogens (tertiary/aromatic N) is 3. The first-order valence-electron chi connectivity index (χ1n) is 9.81. The average Bonchev–Trinajstić information content (AvgIpc) is 3.20. The highest BCUT2D eigenvalue weighted by atomic mass is 32.1. The van der Waals surface area contributed by atoms with E-state index in [2.05, 4.69) is 15.3 Å². The molecular formula is C21H22N4O5S. The quantitative estimate of drug-likeness (QED) is 0.698. The number of β-lactam (4-membered cyclic amide) rings is 1. The van der Waals surface area contributed by atoms with E-state index in [0.29, 0.717) is 24.1 Å². The van der Waals surface area contributed by atoms with Gasteiger partial charge in [0.25, 0.3) is 5.91 Å². The number of fused-ring (bicyclic) bond motifs is 1. The molecule has 2 aliphatic heterocycles. The molecule has 2 aliphatic rings. The van der Waals surface area contributed by atoms with Crippen molar-refractivity contribution in [2.75, 3.05) is 0 Å². The number of carboxylic acid groups (broad SMARTS) is 1. The van der Waals surface area contributed by atoms with E-state index in [1.54, 1.807) is 44.6 Å². The number of alkyl carbamates (subject to hydrolysis) is 1. The standard InChI is InChI=1S/C21H22N4O5S/c1-21(2,3)30-20(29)24-15-14-7-6-12(16(19(27)28)25(14)18(15)26)13-10-31-17(23-13)11-5-4-8-22-9-11/h4-5,8-10,14-15H,6-7H2,1-3H3,(H,24,29)(H,27,28)/t14-,15+/m1/s1. The maximum absolute atomic E-state index is 12.7. The van der Waals surface area contributed by atoms with Crippen LogP contribution < -0.4 is 5.32 Å². The molecule has 0 spiro atoms. The van der Waals surface area contributed by atoms with Crippen LogP contribution in [0.5, 0.6) is 0 Å². The number of carbonyl (C=O) groups excluding carboxylic acids is 2. The first-order chi connectivity index (χ1) is 14.7. The van der Waals surface area contributed by atoms with E-state index >= 15 is 0 Å². The van der Waals surface area contributed by atoms with Crippen molar-refractivity contribution in [2.24, 2.45) is 0 Å². The van der Waals surface area contributed by atoms with Crippen molar-refractivity contribution >= 4 is 34.9 Å². The smallest absolute Gasteiger partial charge is 0.408 e. The van der Waals surface area contributed by atoms with Crippen molar-refractivity contribution in [3.63, 3.8) is 0 Å². The van der Waals surface area contributed by atoms with Crippen molar-refractivity contribution in [1.82, 2.24) is 20.2 Å². The second-order valence-electron chi connectivity index (χ2n) is 8.35. The maximum Gasteiger partial charge on any atom is 0.408 e. The van der Waals surface area contributed by atoms with E-state index in [4.69, 9.17) is 4.74 Å². The summed E-state index contributed by atoms with van der Waals surface area (Å²) in [6, 6.07) is 2.46. The van der Waals surface area contributed by atoms with Gasteiger partial charge >= 0.3 is 12.1 Å². The molecule has 0 radical (unpaired) electrons. The summed E-state index contributed by atoms with van der Waals surface area (Å²) in [5, 5.41) is 14.9. The van der Waals surface area contributed by atoms with Crippen LogP contribution in [0.1, 0.15) is 39.3 Å². The third-order valence-corrected chi connectivity index (χ3v) is 5.92. The number of amides is 2. The summed E-state index contributed by atoms with van der Waals surface area (Å²) in [5.74, 6) is -1.66. The fraction of sp³-hybridized carbons (Fsp3) is 0.381. The SMILES string of the molecule is CC(C)(C)OC(=O)N[C@@H]1C(=O)N2C(C(=O)O)=C(c3csc(-c4cccnc4)n3)CC[C@H]12. The van der Waals surface area contributed by atoms with Gasteiger partial charge in [0.05, 0.1) is 11.7 Å². The minimum Gasteiger partial charge on any atom is -0.477 e. The number of hydrogen-bond donors (Lipinski definition) is 2. The highest BCUT2D eigenvalue weighted by molar-refractivity contribution is 7.13. The van der Waals surface area contributed by atoms with Crippen LogP contribution in [0.15, 0.2) is 35.6 Å². The normalized spacial score (nSPS) is 20.7. The Hall–Kier alpha value is -3.27. The summed E-state index contributed by atoms with van der Waals surface area (Å²) in [7, 11) is 0. The fourth-order valence-corrected chi connectivity index (χ4v) is 4.61. The van der Waals surface area contributed by atoms with Gasteiger partial charge in [-0.15, -0.1) is 11.3 Å². The highest BCUT2D eigenvalue weighted by Gasteiger charge is 2.54. The van der Waals surface area contributed by atoms with Gasteiger partial charge in [-0.2, -0.15) is 0 Å². The number of hydrogen-bond acceptors (Lipinski definition) is 7. The Kier molecular flexibility index (Phi) is 5.26. The molecule has 2 N–H and O–H groups in total. The Balaban J connectivity index is 1.58. The van der Waals surface area contributed by atoms with Crippen LogP contribution in [0.3, 0.4) is 0 Å². The summed E-state index contributed by atoms with van der Waals surface area (Å²) in [6.45, 7) is 5.19. The Labute approximate surface area is 182 Å². The van der Waals surface area contributed by atoms with Gasteiger partial charge < -0.3 is 15.2 Å².